The minimum Gasteiger partial charge on any atom is -0.493 e. The molecule has 0 fully saturated rings. The molecular formula is C20H35IN4O2. The largest absolute Gasteiger partial charge is 0.493 e. The van der Waals surface area contributed by atoms with Gasteiger partial charge in [0.05, 0.1) is 12.6 Å². The van der Waals surface area contributed by atoms with Crippen LogP contribution in [-0.2, 0) is 4.79 Å². The third-order valence-corrected chi connectivity index (χ3v) is 3.61. The van der Waals surface area contributed by atoms with Crippen LogP contribution < -0.4 is 20.7 Å². The van der Waals surface area contributed by atoms with E-state index in [4.69, 9.17) is 4.74 Å². The molecule has 0 saturated carbocycles. The van der Waals surface area contributed by atoms with Crippen molar-refractivity contribution >= 4 is 35.8 Å². The number of aliphatic imine (C=N–C) groups is 1. The third-order valence-electron chi connectivity index (χ3n) is 3.61. The molecule has 0 spiro atoms. The molecule has 0 radical (unpaired) electrons. The molecule has 1 rings (SSSR count). The second kappa shape index (κ2) is 14.5. The number of rotatable bonds is 10. The lowest BCUT2D eigenvalue weighted by Gasteiger charge is -2.18. The molecule has 0 aliphatic heterocycles. The minimum atomic E-state index is -0.0663. The SMILES string of the molecule is CCCNC(=O)CN=C(NCC)NC(C)c1ccc(OCC(C)C)cc1.I. The fourth-order valence-corrected chi connectivity index (χ4v) is 2.20. The Hall–Kier alpha value is -1.51. The van der Waals surface area contributed by atoms with Gasteiger partial charge in [-0.05, 0) is 43.9 Å². The molecule has 6 nitrogen and oxygen atoms in total. The van der Waals surface area contributed by atoms with Crippen molar-refractivity contribution in [1.29, 1.82) is 0 Å². The second-order valence-corrected chi connectivity index (χ2v) is 6.69. The lowest BCUT2D eigenvalue weighted by Crippen LogP contribution is -2.39. The first-order valence-corrected chi connectivity index (χ1v) is 9.50. The molecule has 1 atom stereocenters. The zero-order valence-corrected chi connectivity index (χ0v) is 19.5. The fraction of sp³-hybridized carbons (Fsp3) is 0.600. The molecule has 27 heavy (non-hydrogen) atoms. The molecular weight excluding hydrogens is 455 g/mol. The summed E-state index contributed by atoms with van der Waals surface area (Å²) < 4.78 is 5.72. The van der Waals surface area contributed by atoms with Crippen LogP contribution in [-0.4, -0.2) is 38.1 Å². The summed E-state index contributed by atoms with van der Waals surface area (Å²) in [5.41, 5.74) is 1.13. The number of nitrogens with one attached hydrogen (secondary N) is 3. The van der Waals surface area contributed by atoms with Crippen LogP contribution in [0.25, 0.3) is 0 Å². The van der Waals surface area contributed by atoms with Crippen molar-refractivity contribution in [2.45, 2.75) is 47.1 Å². The summed E-state index contributed by atoms with van der Waals surface area (Å²) in [7, 11) is 0. The summed E-state index contributed by atoms with van der Waals surface area (Å²) in [6, 6.07) is 8.12. The molecule has 3 N–H and O–H groups in total. The van der Waals surface area contributed by atoms with Crippen LogP contribution in [0.3, 0.4) is 0 Å². The highest BCUT2D eigenvalue weighted by Crippen LogP contribution is 2.18. The fourth-order valence-electron chi connectivity index (χ4n) is 2.20. The normalized spacial score (nSPS) is 12.1. The lowest BCUT2D eigenvalue weighted by molar-refractivity contribution is -0.119. The Morgan fingerprint density at radius 3 is 2.33 bits per heavy atom. The number of carbonyl (C=O) groups is 1. The van der Waals surface area contributed by atoms with E-state index in [1.165, 1.54) is 0 Å². The van der Waals surface area contributed by atoms with Crippen LogP contribution in [0.1, 0.15) is 52.6 Å². The smallest absolute Gasteiger partial charge is 0.241 e. The number of ether oxygens (including phenoxy) is 1. The topological polar surface area (TPSA) is 74.8 Å². The van der Waals surface area contributed by atoms with Gasteiger partial charge in [0, 0.05) is 13.1 Å². The van der Waals surface area contributed by atoms with E-state index >= 15 is 0 Å². The monoisotopic (exact) mass is 490 g/mol. The second-order valence-electron chi connectivity index (χ2n) is 6.69. The van der Waals surface area contributed by atoms with Crippen molar-refractivity contribution < 1.29 is 9.53 Å². The number of halogens is 1. The zero-order valence-electron chi connectivity index (χ0n) is 17.2. The Morgan fingerprint density at radius 2 is 1.78 bits per heavy atom. The van der Waals surface area contributed by atoms with Crippen LogP contribution in [0.2, 0.25) is 0 Å². The van der Waals surface area contributed by atoms with E-state index in [1.807, 2.05) is 38.1 Å². The summed E-state index contributed by atoms with van der Waals surface area (Å²) in [6.45, 7) is 12.6. The average Bonchev–Trinajstić information content (AvgIpc) is 2.63. The number of amides is 1. The van der Waals surface area contributed by atoms with Gasteiger partial charge in [-0.25, -0.2) is 4.99 Å². The molecule has 0 bridgehead atoms. The molecule has 0 aliphatic carbocycles. The van der Waals surface area contributed by atoms with Crippen molar-refractivity contribution in [2.24, 2.45) is 10.9 Å². The Bertz CT molecular complexity index is 562. The number of nitrogens with zero attached hydrogens (tertiary/aromatic N) is 1. The van der Waals surface area contributed by atoms with Gasteiger partial charge >= 0.3 is 0 Å². The highest BCUT2D eigenvalue weighted by Gasteiger charge is 2.09. The first-order valence-electron chi connectivity index (χ1n) is 9.50. The number of benzene rings is 1. The zero-order chi connectivity index (χ0) is 19.4. The summed E-state index contributed by atoms with van der Waals surface area (Å²) >= 11 is 0. The van der Waals surface area contributed by atoms with Crippen LogP contribution >= 0.6 is 24.0 Å². The van der Waals surface area contributed by atoms with Crippen molar-refractivity contribution in [3.05, 3.63) is 29.8 Å². The standard InChI is InChI=1S/C20H34N4O2.HI/c1-6-12-22-19(25)13-23-20(21-7-2)24-16(5)17-8-10-18(11-9-17)26-14-15(3)4;/h8-11,15-16H,6-7,12-14H2,1-5H3,(H,22,25)(H2,21,23,24);1H. The summed E-state index contributed by atoms with van der Waals surface area (Å²) in [5.74, 6) is 1.95. The molecule has 1 aromatic rings. The molecule has 7 heteroatoms. The maximum atomic E-state index is 11.7. The summed E-state index contributed by atoms with van der Waals surface area (Å²) in [6.07, 6.45) is 0.918. The van der Waals surface area contributed by atoms with E-state index in [1.54, 1.807) is 0 Å². The Kier molecular flexibility index (Phi) is 13.7. The van der Waals surface area contributed by atoms with Crippen LogP contribution in [0.5, 0.6) is 5.75 Å². The van der Waals surface area contributed by atoms with Crippen LogP contribution in [0.15, 0.2) is 29.3 Å². The van der Waals surface area contributed by atoms with Crippen molar-refractivity contribution in [1.82, 2.24) is 16.0 Å². The first kappa shape index (κ1) is 25.5. The summed E-state index contributed by atoms with van der Waals surface area (Å²) in [5, 5.41) is 9.33. The predicted molar refractivity (Wildman–Crippen MR) is 123 cm³/mol. The molecule has 1 amide bonds. The number of hydrogen-bond donors (Lipinski definition) is 3. The maximum absolute atomic E-state index is 11.7. The van der Waals surface area contributed by atoms with Gasteiger partial charge in [0.2, 0.25) is 5.91 Å². The molecule has 0 saturated heterocycles. The molecule has 0 aliphatic rings. The van der Waals surface area contributed by atoms with Crippen LogP contribution in [0, 0.1) is 5.92 Å². The van der Waals surface area contributed by atoms with Gasteiger partial charge in [0.1, 0.15) is 12.3 Å². The van der Waals surface area contributed by atoms with E-state index in [9.17, 15) is 4.79 Å². The van der Waals surface area contributed by atoms with Crippen LogP contribution in [0.4, 0.5) is 0 Å². The molecule has 0 heterocycles. The van der Waals surface area contributed by atoms with Crippen molar-refractivity contribution in [3.63, 3.8) is 0 Å². The van der Waals surface area contributed by atoms with E-state index in [0.29, 0.717) is 25.0 Å². The van der Waals surface area contributed by atoms with E-state index < -0.39 is 0 Å². The van der Waals surface area contributed by atoms with E-state index in [-0.39, 0.29) is 42.5 Å². The number of hydrogen-bond acceptors (Lipinski definition) is 3. The third kappa shape index (κ3) is 11.0. The number of guanidine groups is 1. The first-order chi connectivity index (χ1) is 12.5. The average molecular weight is 490 g/mol. The van der Waals surface area contributed by atoms with E-state index in [2.05, 4.69) is 41.7 Å². The van der Waals surface area contributed by atoms with Gasteiger partial charge in [-0.15, -0.1) is 24.0 Å². The molecule has 0 aromatic heterocycles. The summed E-state index contributed by atoms with van der Waals surface area (Å²) in [4.78, 5) is 16.1. The van der Waals surface area contributed by atoms with Gasteiger partial charge in [-0.2, -0.15) is 0 Å². The van der Waals surface area contributed by atoms with Gasteiger partial charge in [-0.3, -0.25) is 4.79 Å². The number of carbonyl (C=O) groups excluding carboxylic acids is 1. The van der Waals surface area contributed by atoms with Crippen molar-refractivity contribution in [3.8, 4) is 5.75 Å². The lowest BCUT2D eigenvalue weighted by atomic mass is 10.1. The maximum Gasteiger partial charge on any atom is 0.241 e. The van der Waals surface area contributed by atoms with E-state index in [0.717, 1.165) is 24.3 Å². The predicted octanol–water partition coefficient (Wildman–Crippen LogP) is 3.48. The van der Waals surface area contributed by atoms with Crippen molar-refractivity contribution in [2.75, 3.05) is 26.2 Å². The van der Waals surface area contributed by atoms with Gasteiger partial charge < -0.3 is 20.7 Å². The minimum absolute atomic E-state index is 0. The highest BCUT2D eigenvalue weighted by molar-refractivity contribution is 14.0. The highest BCUT2D eigenvalue weighted by atomic mass is 127. The quantitative estimate of drug-likeness (QED) is 0.267. The molecule has 1 aromatic carbocycles. The Morgan fingerprint density at radius 1 is 1.11 bits per heavy atom. The Balaban J connectivity index is 0.00000676. The van der Waals surface area contributed by atoms with Gasteiger partial charge in [0.25, 0.3) is 0 Å². The Labute approximate surface area is 181 Å². The van der Waals surface area contributed by atoms with Gasteiger partial charge in [-0.1, -0.05) is 32.9 Å². The van der Waals surface area contributed by atoms with Gasteiger partial charge in [0.15, 0.2) is 5.96 Å². The molecule has 154 valence electrons. The molecule has 1 unspecified atom stereocenters.